The van der Waals surface area contributed by atoms with Crippen molar-refractivity contribution in [2.24, 2.45) is 0 Å². The van der Waals surface area contributed by atoms with Crippen LogP contribution in [0, 0.1) is 12.7 Å². The highest BCUT2D eigenvalue weighted by Crippen LogP contribution is 2.42. The summed E-state index contributed by atoms with van der Waals surface area (Å²) >= 11 is 9.70. The van der Waals surface area contributed by atoms with Crippen molar-refractivity contribution in [3.63, 3.8) is 0 Å². The first kappa shape index (κ1) is 20.0. The smallest absolute Gasteiger partial charge is 0.295 e. The second-order valence-corrected chi connectivity index (χ2v) is 8.70. The van der Waals surface area contributed by atoms with E-state index >= 15 is 0 Å². The number of halogens is 3. The Morgan fingerprint density at radius 1 is 1.03 bits per heavy atom. The van der Waals surface area contributed by atoms with Gasteiger partial charge in [-0.25, -0.2) is 4.39 Å². The lowest BCUT2D eigenvalue weighted by molar-refractivity contribution is 0.0971. The topological polar surface area (TPSA) is 50.5 Å². The standard InChI is InChI=1S/C24H14BrClFNO3/c1-12-2-8-16(11-18(12)26)28-21(13-3-6-15(27)7-4-13)20-22(29)17-10-14(25)5-9-19(17)31-23(20)24(28)30/h2-11,21H,1H3. The molecule has 0 bridgehead atoms. The SMILES string of the molecule is Cc1ccc(N2C(=O)c3oc4ccc(Br)cc4c(=O)c3C2c2ccc(F)cc2)cc1Cl. The van der Waals surface area contributed by atoms with Crippen molar-refractivity contribution in [2.75, 3.05) is 4.90 Å². The zero-order valence-electron chi connectivity index (χ0n) is 16.2. The maximum Gasteiger partial charge on any atom is 0.295 e. The molecule has 4 aromatic rings. The van der Waals surface area contributed by atoms with Gasteiger partial charge in [0.25, 0.3) is 5.91 Å². The number of rotatable bonds is 2. The maximum absolute atomic E-state index is 13.6. The quantitative estimate of drug-likeness (QED) is 0.321. The average molecular weight is 499 g/mol. The van der Waals surface area contributed by atoms with Crippen LogP contribution in [0.4, 0.5) is 10.1 Å². The predicted octanol–water partition coefficient (Wildman–Crippen LogP) is 6.41. The van der Waals surface area contributed by atoms with Gasteiger partial charge in [-0.15, -0.1) is 0 Å². The van der Waals surface area contributed by atoms with Crippen LogP contribution >= 0.6 is 27.5 Å². The molecule has 2 heterocycles. The van der Waals surface area contributed by atoms with E-state index in [1.807, 2.05) is 6.92 Å². The van der Waals surface area contributed by atoms with Crippen LogP contribution in [0.15, 0.2) is 74.3 Å². The number of benzene rings is 3. The first-order valence-corrected chi connectivity index (χ1v) is 10.6. The molecule has 0 N–H and O–H groups in total. The van der Waals surface area contributed by atoms with E-state index in [0.717, 1.165) is 10.0 Å². The van der Waals surface area contributed by atoms with Gasteiger partial charge in [0, 0.05) is 15.2 Å². The lowest BCUT2D eigenvalue weighted by Gasteiger charge is -2.25. The van der Waals surface area contributed by atoms with Crippen molar-refractivity contribution in [2.45, 2.75) is 13.0 Å². The minimum Gasteiger partial charge on any atom is -0.450 e. The van der Waals surface area contributed by atoms with Crippen LogP contribution in [0.2, 0.25) is 5.02 Å². The van der Waals surface area contributed by atoms with E-state index in [1.54, 1.807) is 48.5 Å². The average Bonchev–Trinajstić information content (AvgIpc) is 3.04. The number of anilines is 1. The van der Waals surface area contributed by atoms with Crippen molar-refractivity contribution in [1.82, 2.24) is 0 Å². The van der Waals surface area contributed by atoms with Gasteiger partial charge in [-0.2, -0.15) is 0 Å². The third-order valence-electron chi connectivity index (χ3n) is 5.45. The Hall–Kier alpha value is -2.96. The lowest BCUT2D eigenvalue weighted by Crippen LogP contribution is -2.29. The summed E-state index contributed by atoms with van der Waals surface area (Å²) in [7, 11) is 0. The summed E-state index contributed by atoms with van der Waals surface area (Å²) < 4.78 is 20.2. The maximum atomic E-state index is 13.6. The normalized spacial score (nSPS) is 15.5. The summed E-state index contributed by atoms with van der Waals surface area (Å²) in [5.74, 6) is -0.885. The fourth-order valence-corrected chi connectivity index (χ4v) is 4.44. The molecule has 4 nitrogen and oxygen atoms in total. The van der Waals surface area contributed by atoms with Crippen molar-refractivity contribution < 1.29 is 13.6 Å². The van der Waals surface area contributed by atoms with Gasteiger partial charge in [0.05, 0.1) is 17.0 Å². The molecule has 0 spiro atoms. The van der Waals surface area contributed by atoms with Crippen LogP contribution in [0.25, 0.3) is 11.0 Å². The van der Waals surface area contributed by atoms with Gasteiger partial charge in [0.15, 0.2) is 5.43 Å². The highest BCUT2D eigenvalue weighted by Gasteiger charge is 2.43. The molecule has 31 heavy (non-hydrogen) atoms. The lowest BCUT2D eigenvalue weighted by atomic mass is 9.98. The third-order valence-corrected chi connectivity index (χ3v) is 6.35. The summed E-state index contributed by atoms with van der Waals surface area (Å²) in [5.41, 5.74) is 2.21. The molecule has 1 aliphatic heterocycles. The van der Waals surface area contributed by atoms with Crippen molar-refractivity contribution in [1.29, 1.82) is 0 Å². The van der Waals surface area contributed by atoms with E-state index in [0.29, 0.717) is 27.2 Å². The first-order chi connectivity index (χ1) is 14.8. The molecule has 7 heteroatoms. The van der Waals surface area contributed by atoms with Crippen molar-refractivity contribution >= 4 is 50.1 Å². The zero-order chi connectivity index (χ0) is 21.9. The molecular formula is C24H14BrClFNO3. The van der Waals surface area contributed by atoms with E-state index in [9.17, 15) is 14.0 Å². The number of carbonyl (C=O) groups is 1. The Bertz CT molecular complexity index is 1430. The minimum absolute atomic E-state index is 0.0224. The second-order valence-electron chi connectivity index (χ2n) is 7.38. The van der Waals surface area contributed by atoms with Crippen LogP contribution in [0.3, 0.4) is 0 Å². The fourth-order valence-electron chi connectivity index (χ4n) is 3.90. The van der Waals surface area contributed by atoms with Crippen LogP contribution in [-0.2, 0) is 0 Å². The summed E-state index contributed by atoms with van der Waals surface area (Å²) in [5, 5.41) is 0.851. The van der Waals surface area contributed by atoms with Crippen LogP contribution in [0.1, 0.15) is 33.3 Å². The summed E-state index contributed by atoms with van der Waals surface area (Å²) in [4.78, 5) is 28.5. The largest absolute Gasteiger partial charge is 0.450 e. The molecular weight excluding hydrogens is 485 g/mol. The highest BCUT2D eigenvalue weighted by atomic mass is 79.9. The number of fused-ring (bicyclic) bond motifs is 2. The Balaban J connectivity index is 1.82. The van der Waals surface area contributed by atoms with Crippen LogP contribution < -0.4 is 10.3 Å². The van der Waals surface area contributed by atoms with E-state index in [-0.39, 0.29) is 16.8 Å². The summed E-state index contributed by atoms with van der Waals surface area (Å²) in [6.07, 6.45) is 0. The number of aryl methyl sites for hydroxylation is 1. The molecule has 0 fully saturated rings. The zero-order valence-corrected chi connectivity index (χ0v) is 18.5. The molecule has 0 saturated carbocycles. The molecule has 0 aliphatic carbocycles. The predicted molar refractivity (Wildman–Crippen MR) is 121 cm³/mol. The van der Waals surface area contributed by atoms with E-state index < -0.39 is 17.8 Å². The van der Waals surface area contributed by atoms with Gasteiger partial charge < -0.3 is 4.42 Å². The number of nitrogens with zero attached hydrogens (tertiary/aromatic N) is 1. The minimum atomic E-state index is -0.776. The van der Waals surface area contributed by atoms with E-state index in [1.165, 1.54) is 17.0 Å². The molecule has 0 saturated heterocycles. The molecule has 1 unspecified atom stereocenters. The van der Waals surface area contributed by atoms with Crippen LogP contribution in [0.5, 0.6) is 0 Å². The Morgan fingerprint density at radius 3 is 2.48 bits per heavy atom. The molecule has 1 aromatic heterocycles. The molecule has 1 amide bonds. The number of hydrogen-bond donors (Lipinski definition) is 0. The summed E-state index contributed by atoms with van der Waals surface area (Å²) in [6.45, 7) is 1.86. The van der Waals surface area contributed by atoms with Gasteiger partial charge in [0.1, 0.15) is 11.4 Å². The van der Waals surface area contributed by atoms with Gasteiger partial charge in [-0.1, -0.05) is 45.7 Å². The molecule has 154 valence electrons. The highest BCUT2D eigenvalue weighted by molar-refractivity contribution is 9.10. The van der Waals surface area contributed by atoms with Crippen LogP contribution in [-0.4, -0.2) is 5.91 Å². The molecule has 0 radical (unpaired) electrons. The van der Waals surface area contributed by atoms with Gasteiger partial charge in [0.2, 0.25) is 5.76 Å². The van der Waals surface area contributed by atoms with Gasteiger partial charge in [-0.3, -0.25) is 14.5 Å². The number of hydrogen-bond acceptors (Lipinski definition) is 3. The van der Waals surface area contributed by atoms with E-state index in [4.69, 9.17) is 16.0 Å². The van der Waals surface area contributed by atoms with E-state index in [2.05, 4.69) is 15.9 Å². The van der Waals surface area contributed by atoms with Gasteiger partial charge >= 0.3 is 0 Å². The molecule has 3 aromatic carbocycles. The monoisotopic (exact) mass is 497 g/mol. The third kappa shape index (κ3) is 3.18. The molecule has 1 aliphatic rings. The molecule has 5 rings (SSSR count). The fraction of sp³-hybridized carbons (Fsp3) is 0.0833. The number of amides is 1. The summed E-state index contributed by atoms with van der Waals surface area (Å²) in [6, 6.07) is 15.3. The van der Waals surface area contributed by atoms with Crippen molar-refractivity contribution in [3.8, 4) is 0 Å². The Morgan fingerprint density at radius 2 is 1.77 bits per heavy atom. The van der Waals surface area contributed by atoms with Crippen molar-refractivity contribution in [3.05, 3.63) is 109 Å². The van der Waals surface area contributed by atoms with Gasteiger partial charge in [-0.05, 0) is 60.5 Å². The molecule has 1 atom stereocenters. The Labute approximate surface area is 190 Å². The number of carbonyl (C=O) groups excluding carboxylic acids is 1. The second kappa shape index (κ2) is 7.32. The Kier molecular flexibility index (Phi) is 4.72. The first-order valence-electron chi connectivity index (χ1n) is 9.46.